The molecule has 102 valence electrons. The molecule has 0 bridgehead atoms. The van der Waals surface area contributed by atoms with E-state index in [-0.39, 0.29) is 0 Å². The van der Waals surface area contributed by atoms with Gasteiger partial charge in [0.15, 0.2) is 0 Å². The van der Waals surface area contributed by atoms with E-state index in [1.807, 2.05) is 25.2 Å². The number of allylic oxidation sites excluding steroid dienone is 5. The van der Waals surface area contributed by atoms with E-state index in [0.717, 1.165) is 5.57 Å². The third kappa shape index (κ3) is 5.33. The zero-order valence-corrected chi connectivity index (χ0v) is 13.5. The van der Waals surface area contributed by atoms with E-state index in [2.05, 4.69) is 63.4 Å². The first kappa shape index (κ1) is 16.2. The lowest BCUT2D eigenvalue weighted by Gasteiger charge is -2.14. The third-order valence-corrected chi connectivity index (χ3v) is 4.95. The number of benzene rings is 1. The fourth-order valence-corrected chi connectivity index (χ4v) is 2.69. The highest BCUT2D eigenvalue weighted by atomic mass is 32.2. The normalized spacial score (nSPS) is 14.1. The van der Waals surface area contributed by atoms with E-state index in [0.29, 0.717) is 10.5 Å². The van der Waals surface area contributed by atoms with Gasteiger partial charge in [0.25, 0.3) is 0 Å². The van der Waals surface area contributed by atoms with Crippen LogP contribution in [0.5, 0.6) is 0 Å². The van der Waals surface area contributed by atoms with Crippen molar-refractivity contribution in [3.8, 4) is 0 Å². The second kappa shape index (κ2) is 8.34. The molecule has 0 saturated carbocycles. The third-order valence-electron chi connectivity index (χ3n) is 2.70. The van der Waals surface area contributed by atoms with E-state index < -0.39 is 0 Å². The fraction of sp³-hybridized carbons (Fsp3) is 0.294. The largest absolute Gasteiger partial charge is 0.164 e. The van der Waals surface area contributed by atoms with Crippen LogP contribution >= 0.6 is 24.4 Å². The summed E-state index contributed by atoms with van der Waals surface area (Å²) in [6.45, 7) is 10.3. The Morgan fingerprint density at radius 3 is 2.37 bits per heavy atom. The summed E-state index contributed by atoms with van der Waals surface area (Å²) in [6.07, 6.45) is 8.01. The van der Waals surface area contributed by atoms with Crippen molar-refractivity contribution < 1.29 is 0 Å². The summed E-state index contributed by atoms with van der Waals surface area (Å²) in [5.41, 5.74) is 2.33. The SMILES string of the molecule is C=C/C(=C\C=C/C)c1ccc(SC(S)C(C)C)cc1. The van der Waals surface area contributed by atoms with Gasteiger partial charge in [-0.1, -0.05) is 56.9 Å². The second-order valence-electron chi connectivity index (χ2n) is 4.63. The van der Waals surface area contributed by atoms with Gasteiger partial charge in [-0.05, 0) is 36.1 Å². The molecule has 0 aromatic heterocycles. The Morgan fingerprint density at radius 1 is 1.26 bits per heavy atom. The van der Waals surface area contributed by atoms with Crippen LogP contribution in [0.4, 0.5) is 0 Å². The highest BCUT2D eigenvalue weighted by Gasteiger charge is 2.09. The van der Waals surface area contributed by atoms with E-state index in [1.165, 1.54) is 10.5 Å². The zero-order chi connectivity index (χ0) is 14.3. The molecule has 0 fully saturated rings. The summed E-state index contributed by atoms with van der Waals surface area (Å²) in [7, 11) is 0. The van der Waals surface area contributed by atoms with E-state index >= 15 is 0 Å². The molecule has 0 aliphatic heterocycles. The van der Waals surface area contributed by atoms with Gasteiger partial charge in [0.05, 0.1) is 4.58 Å². The van der Waals surface area contributed by atoms with Crippen molar-refractivity contribution in [2.75, 3.05) is 0 Å². The van der Waals surface area contributed by atoms with E-state index in [9.17, 15) is 0 Å². The van der Waals surface area contributed by atoms with Gasteiger partial charge in [-0.25, -0.2) is 0 Å². The molecule has 1 atom stereocenters. The summed E-state index contributed by atoms with van der Waals surface area (Å²) in [6, 6.07) is 8.58. The predicted octanol–water partition coefficient (Wildman–Crippen LogP) is 5.84. The molecule has 19 heavy (non-hydrogen) atoms. The maximum absolute atomic E-state index is 4.59. The first-order valence-electron chi connectivity index (χ1n) is 6.49. The van der Waals surface area contributed by atoms with Gasteiger partial charge in [0.1, 0.15) is 0 Å². The highest BCUT2D eigenvalue weighted by molar-refractivity contribution is 8.10. The molecular weight excluding hydrogens is 268 g/mol. The van der Waals surface area contributed by atoms with Crippen molar-refractivity contribution in [3.63, 3.8) is 0 Å². The van der Waals surface area contributed by atoms with Crippen LogP contribution in [0.1, 0.15) is 26.3 Å². The van der Waals surface area contributed by atoms with Crippen LogP contribution in [0.3, 0.4) is 0 Å². The van der Waals surface area contributed by atoms with Crippen LogP contribution < -0.4 is 0 Å². The van der Waals surface area contributed by atoms with Gasteiger partial charge in [-0.2, -0.15) is 12.6 Å². The molecular formula is C17H22S2. The summed E-state index contributed by atoms with van der Waals surface area (Å²) in [5, 5.41) is 0. The molecule has 0 radical (unpaired) electrons. The van der Waals surface area contributed by atoms with Gasteiger partial charge in [0, 0.05) is 4.90 Å². The molecule has 0 spiro atoms. The zero-order valence-electron chi connectivity index (χ0n) is 11.8. The number of rotatable bonds is 6. The molecule has 0 amide bonds. The number of hydrogen-bond acceptors (Lipinski definition) is 2. The minimum absolute atomic E-state index is 0.336. The van der Waals surface area contributed by atoms with Crippen molar-refractivity contribution in [3.05, 3.63) is 60.7 Å². The summed E-state index contributed by atoms with van der Waals surface area (Å²) < 4.78 is 0.336. The highest BCUT2D eigenvalue weighted by Crippen LogP contribution is 2.31. The number of thioether (sulfide) groups is 1. The van der Waals surface area contributed by atoms with Crippen LogP contribution in [0.25, 0.3) is 5.57 Å². The number of hydrogen-bond donors (Lipinski definition) is 1. The molecule has 0 heterocycles. The maximum atomic E-state index is 4.59. The topological polar surface area (TPSA) is 0 Å². The summed E-state index contributed by atoms with van der Waals surface area (Å²) >= 11 is 6.40. The van der Waals surface area contributed by atoms with Gasteiger partial charge in [-0.3, -0.25) is 0 Å². The predicted molar refractivity (Wildman–Crippen MR) is 92.9 cm³/mol. The first-order valence-corrected chi connectivity index (χ1v) is 7.88. The first-order chi connectivity index (χ1) is 9.08. The Hall–Kier alpha value is -0.860. The van der Waals surface area contributed by atoms with Gasteiger partial charge in [0.2, 0.25) is 0 Å². The lowest BCUT2D eigenvalue weighted by molar-refractivity contribution is 0.723. The summed E-state index contributed by atoms with van der Waals surface area (Å²) in [4.78, 5) is 1.26. The Balaban J connectivity index is 2.83. The van der Waals surface area contributed by atoms with Crippen molar-refractivity contribution >= 4 is 30.0 Å². The van der Waals surface area contributed by atoms with Crippen LogP contribution in [0.2, 0.25) is 0 Å². The lowest BCUT2D eigenvalue weighted by atomic mass is 10.1. The molecule has 1 rings (SSSR count). The van der Waals surface area contributed by atoms with Crippen molar-refractivity contribution in [2.45, 2.75) is 30.2 Å². The van der Waals surface area contributed by atoms with Crippen molar-refractivity contribution in [1.82, 2.24) is 0 Å². The Bertz CT molecular complexity index is 453. The molecule has 1 aromatic carbocycles. The van der Waals surface area contributed by atoms with Crippen LogP contribution in [-0.4, -0.2) is 4.58 Å². The van der Waals surface area contributed by atoms with Crippen LogP contribution in [0, 0.1) is 5.92 Å². The van der Waals surface area contributed by atoms with Crippen molar-refractivity contribution in [1.29, 1.82) is 0 Å². The van der Waals surface area contributed by atoms with Gasteiger partial charge < -0.3 is 0 Å². The minimum Gasteiger partial charge on any atom is -0.164 e. The molecule has 0 aliphatic carbocycles. The smallest absolute Gasteiger partial charge is 0.0542 e. The van der Waals surface area contributed by atoms with E-state index in [1.54, 1.807) is 11.8 Å². The van der Waals surface area contributed by atoms with Gasteiger partial charge >= 0.3 is 0 Å². The van der Waals surface area contributed by atoms with E-state index in [4.69, 9.17) is 0 Å². The molecule has 1 unspecified atom stereocenters. The van der Waals surface area contributed by atoms with Crippen LogP contribution in [0.15, 0.2) is 60.0 Å². The molecule has 0 saturated heterocycles. The number of thiol groups is 1. The minimum atomic E-state index is 0.336. The molecule has 2 heteroatoms. The Kier molecular flexibility index (Phi) is 7.11. The van der Waals surface area contributed by atoms with Crippen molar-refractivity contribution in [2.24, 2.45) is 5.92 Å². The van der Waals surface area contributed by atoms with Crippen LogP contribution in [-0.2, 0) is 0 Å². The molecule has 1 aromatic rings. The van der Waals surface area contributed by atoms with Gasteiger partial charge in [-0.15, -0.1) is 11.8 Å². The maximum Gasteiger partial charge on any atom is 0.0542 e. The Labute approximate surface area is 127 Å². The average molecular weight is 290 g/mol. The average Bonchev–Trinajstić information content (AvgIpc) is 2.41. The molecule has 0 nitrogen and oxygen atoms in total. The molecule has 0 N–H and O–H groups in total. The quantitative estimate of drug-likeness (QED) is 0.297. The standard InChI is InChI=1S/C17H22S2/c1-5-7-8-14(6-2)15-9-11-16(12-10-15)19-17(18)13(3)4/h5-13,17-18H,2H2,1,3-4H3/b7-5-,14-8+. The molecule has 0 aliphatic rings. The Morgan fingerprint density at radius 2 is 1.89 bits per heavy atom. The monoisotopic (exact) mass is 290 g/mol. The summed E-state index contributed by atoms with van der Waals surface area (Å²) in [5.74, 6) is 0.561. The second-order valence-corrected chi connectivity index (χ2v) is 6.75. The lowest BCUT2D eigenvalue weighted by Crippen LogP contribution is -2.01. The fourth-order valence-electron chi connectivity index (χ4n) is 1.48.